The molecule has 5 nitrogen and oxygen atoms in total. The van der Waals surface area contributed by atoms with Crippen LogP contribution in [-0.4, -0.2) is 25.6 Å². The van der Waals surface area contributed by atoms with Crippen molar-refractivity contribution in [2.45, 2.75) is 18.9 Å². The molecule has 3 aromatic rings. The molecule has 3 aromatic carbocycles. The van der Waals surface area contributed by atoms with E-state index in [9.17, 15) is 9.18 Å². The number of nitrogens with one attached hydrogen (secondary N) is 2. The number of methoxy groups -OCH3 is 1. The highest BCUT2D eigenvalue weighted by atomic mass is 19.1. The van der Waals surface area contributed by atoms with Crippen molar-refractivity contribution in [2.75, 3.05) is 19.0 Å². The zero-order valence-corrected chi connectivity index (χ0v) is 17.3. The Balaban J connectivity index is 1.28. The van der Waals surface area contributed by atoms with E-state index >= 15 is 0 Å². The monoisotopic (exact) mass is 420 g/mol. The van der Waals surface area contributed by atoms with Gasteiger partial charge in [-0.25, -0.2) is 4.39 Å². The van der Waals surface area contributed by atoms with Crippen LogP contribution >= 0.6 is 0 Å². The second-order valence-electron chi connectivity index (χ2n) is 7.69. The molecular formula is C25H25FN2O3. The lowest BCUT2D eigenvalue weighted by molar-refractivity contribution is -0.117. The van der Waals surface area contributed by atoms with Crippen LogP contribution in [0.5, 0.6) is 17.2 Å². The maximum absolute atomic E-state index is 13.0. The van der Waals surface area contributed by atoms with Crippen molar-refractivity contribution in [3.8, 4) is 17.2 Å². The summed E-state index contributed by atoms with van der Waals surface area (Å²) in [5, 5.41) is 6.28. The van der Waals surface area contributed by atoms with Crippen LogP contribution in [0.4, 0.5) is 10.1 Å². The minimum atomic E-state index is -0.309. The van der Waals surface area contributed by atoms with Gasteiger partial charge in [-0.3, -0.25) is 4.79 Å². The second-order valence-corrected chi connectivity index (χ2v) is 7.69. The van der Waals surface area contributed by atoms with Crippen molar-refractivity contribution < 1.29 is 18.7 Å². The third kappa shape index (κ3) is 5.61. The molecule has 0 aliphatic carbocycles. The highest BCUT2D eigenvalue weighted by Crippen LogP contribution is 2.25. The maximum Gasteiger partial charge on any atom is 0.241 e. The topological polar surface area (TPSA) is 59.6 Å². The number of hydrogen-bond donors (Lipinski definition) is 2. The average molecular weight is 420 g/mol. The van der Waals surface area contributed by atoms with Crippen LogP contribution in [0.25, 0.3) is 0 Å². The molecule has 1 heterocycles. The van der Waals surface area contributed by atoms with Crippen LogP contribution in [-0.2, 0) is 11.2 Å². The molecular weight excluding hydrogens is 395 g/mol. The molecule has 0 unspecified atom stereocenters. The zero-order chi connectivity index (χ0) is 21.6. The molecule has 6 heteroatoms. The summed E-state index contributed by atoms with van der Waals surface area (Å²) in [6.07, 6.45) is 1.69. The van der Waals surface area contributed by atoms with E-state index in [4.69, 9.17) is 9.47 Å². The Morgan fingerprint density at radius 1 is 1.03 bits per heavy atom. The van der Waals surface area contributed by atoms with Crippen LogP contribution in [0.3, 0.4) is 0 Å². The van der Waals surface area contributed by atoms with E-state index in [1.807, 2.05) is 18.2 Å². The minimum absolute atomic E-state index is 0.0413. The van der Waals surface area contributed by atoms with Crippen LogP contribution in [0, 0.1) is 11.7 Å². The quantitative estimate of drug-likeness (QED) is 0.577. The summed E-state index contributed by atoms with van der Waals surface area (Å²) in [6.45, 7) is 0.805. The molecule has 31 heavy (non-hydrogen) atoms. The van der Waals surface area contributed by atoms with E-state index < -0.39 is 0 Å². The van der Waals surface area contributed by atoms with E-state index in [1.54, 1.807) is 43.5 Å². The van der Waals surface area contributed by atoms with E-state index in [0.717, 1.165) is 25.1 Å². The predicted octanol–water partition coefficient (Wildman–Crippen LogP) is 4.79. The fraction of sp³-hybridized carbons (Fsp3) is 0.240. The Bertz CT molecular complexity index is 1020. The Hall–Kier alpha value is -3.38. The summed E-state index contributed by atoms with van der Waals surface area (Å²) in [5.41, 5.74) is 1.92. The van der Waals surface area contributed by atoms with Gasteiger partial charge < -0.3 is 20.1 Å². The molecule has 1 amide bonds. The van der Waals surface area contributed by atoms with Crippen molar-refractivity contribution in [1.29, 1.82) is 0 Å². The first-order valence-corrected chi connectivity index (χ1v) is 10.3. The van der Waals surface area contributed by atoms with Gasteiger partial charge in [0.2, 0.25) is 5.91 Å². The molecule has 1 saturated heterocycles. The van der Waals surface area contributed by atoms with Gasteiger partial charge in [0, 0.05) is 5.69 Å². The first-order valence-electron chi connectivity index (χ1n) is 10.3. The number of anilines is 1. The number of carbonyl (C=O) groups excluding carboxylic acids is 1. The number of amides is 1. The van der Waals surface area contributed by atoms with Gasteiger partial charge in [-0.1, -0.05) is 12.1 Å². The van der Waals surface area contributed by atoms with Crippen LogP contribution < -0.4 is 20.1 Å². The molecule has 0 spiro atoms. The first kappa shape index (κ1) is 20.9. The molecule has 0 radical (unpaired) electrons. The van der Waals surface area contributed by atoms with Crippen molar-refractivity contribution >= 4 is 11.6 Å². The van der Waals surface area contributed by atoms with Gasteiger partial charge in [-0.05, 0) is 91.5 Å². The van der Waals surface area contributed by atoms with Gasteiger partial charge >= 0.3 is 0 Å². The number of halogens is 1. The van der Waals surface area contributed by atoms with E-state index in [0.29, 0.717) is 23.1 Å². The summed E-state index contributed by atoms with van der Waals surface area (Å²) in [5.74, 6) is 2.06. The van der Waals surface area contributed by atoms with E-state index in [1.165, 1.54) is 17.7 Å². The third-order valence-electron chi connectivity index (χ3n) is 5.37. The van der Waals surface area contributed by atoms with Crippen LogP contribution in [0.2, 0.25) is 0 Å². The van der Waals surface area contributed by atoms with Crippen molar-refractivity contribution in [1.82, 2.24) is 5.32 Å². The number of rotatable bonds is 7. The summed E-state index contributed by atoms with van der Waals surface area (Å²) in [7, 11) is 1.66. The smallest absolute Gasteiger partial charge is 0.241 e. The first-order chi connectivity index (χ1) is 15.1. The molecule has 160 valence electrons. The SMILES string of the molecule is COc1cccc(C[C@H]2CN[C@H](C(=O)Nc3ccc(Oc4ccc(F)cc4)cc3)C2)c1. The molecule has 0 saturated carbocycles. The average Bonchev–Trinajstić information content (AvgIpc) is 3.25. The fourth-order valence-corrected chi connectivity index (χ4v) is 3.77. The number of benzene rings is 3. The lowest BCUT2D eigenvalue weighted by Gasteiger charge is -2.13. The molecule has 0 aromatic heterocycles. The van der Waals surface area contributed by atoms with Crippen molar-refractivity contribution in [3.05, 3.63) is 84.2 Å². The van der Waals surface area contributed by atoms with E-state index in [2.05, 4.69) is 16.7 Å². The van der Waals surface area contributed by atoms with Gasteiger partial charge in [0.15, 0.2) is 0 Å². The van der Waals surface area contributed by atoms with Crippen molar-refractivity contribution in [2.24, 2.45) is 5.92 Å². The van der Waals surface area contributed by atoms with Gasteiger partial charge in [-0.15, -0.1) is 0 Å². The van der Waals surface area contributed by atoms with Gasteiger partial charge in [0.05, 0.1) is 13.2 Å². The number of hydrogen-bond acceptors (Lipinski definition) is 4. The molecule has 1 aliphatic heterocycles. The van der Waals surface area contributed by atoms with Crippen LogP contribution in [0.1, 0.15) is 12.0 Å². The largest absolute Gasteiger partial charge is 0.497 e. The molecule has 1 aliphatic rings. The Labute approximate surface area is 181 Å². The van der Waals surface area contributed by atoms with Gasteiger partial charge in [0.1, 0.15) is 23.1 Å². The highest BCUT2D eigenvalue weighted by molar-refractivity contribution is 5.95. The summed E-state index contributed by atoms with van der Waals surface area (Å²) < 4.78 is 24.0. The molecule has 4 rings (SSSR count). The molecule has 0 bridgehead atoms. The molecule has 2 atom stereocenters. The highest BCUT2D eigenvalue weighted by Gasteiger charge is 2.29. The summed E-state index contributed by atoms with van der Waals surface area (Å²) in [4.78, 5) is 12.7. The Morgan fingerprint density at radius 2 is 1.74 bits per heavy atom. The minimum Gasteiger partial charge on any atom is -0.497 e. The summed E-state index contributed by atoms with van der Waals surface area (Å²) in [6, 6.07) is 20.8. The second kappa shape index (κ2) is 9.62. The number of ether oxygens (including phenoxy) is 2. The predicted molar refractivity (Wildman–Crippen MR) is 118 cm³/mol. The maximum atomic E-state index is 13.0. The Morgan fingerprint density at radius 3 is 2.45 bits per heavy atom. The van der Waals surface area contributed by atoms with Gasteiger partial charge in [0.25, 0.3) is 0 Å². The Kier molecular flexibility index (Phi) is 6.48. The number of carbonyl (C=O) groups is 1. The van der Waals surface area contributed by atoms with Crippen molar-refractivity contribution in [3.63, 3.8) is 0 Å². The molecule has 2 N–H and O–H groups in total. The third-order valence-corrected chi connectivity index (χ3v) is 5.37. The van der Waals surface area contributed by atoms with Crippen LogP contribution in [0.15, 0.2) is 72.8 Å². The normalized spacial score (nSPS) is 17.9. The standard InChI is InChI=1S/C25H25FN2O3/c1-30-23-4-2-3-17(14-23)13-18-15-24(27-16-18)25(29)28-20-7-11-22(12-8-20)31-21-9-5-19(26)6-10-21/h2-12,14,18,24,27H,13,15-16H2,1H3,(H,28,29)/t18-,24+/m1/s1. The lowest BCUT2D eigenvalue weighted by atomic mass is 9.96. The van der Waals surface area contributed by atoms with Gasteiger partial charge in [-0.2, -0.15) is 0 Å². The molecule has 1 fully saturated rings. The summed E-state index contributed by atoms with van der Waals surface area (Å²) >= 11 is 0. The fourth-order valence-electron chi connectivity index (χ4n) is 3.77. The van der Waals surface area contributed by atoms with E-state index in [-0.39, 0.29) is 17.8 Å². The lowest BCUT2D eigenvalue weighted by Crippen LogP contribution is -2.35. The zero-order valence-electron chi connectivity index (χ0n) is 17.3.